The second-order valence-corrected chi connectivity index (χ2v) is 7.66. The molecular weight excluding hydrogens is 382 g/mol. The van der Waals surface area contributed by atoms with Gasteiger partial charge in [-0.3, -0.25) is 4.79 Å². The van der Waals surface area contributed by atoms with Crippen molar-refractivity contribution in [3.8, 4) is 22.9 Å². The van der Waals surface area contributed by atoms with Crippen molar-refractivity contribution < 1.29 is 14.3 Å². The molecule has 1 atom stereocenters. The number of hydrogen-bond acceptors (Lipinski definition) is 6. The minimum Gasteiger partial charge on any atom is -0.486 e. The number of hydrogen-bond donors (Lipinski definition) is 0. The van der Waals surface area contributed by atoms with Gasteiger partial charge in [0.2, 0.25) is 11.7 Å². The van der Waals surface area contributed by atoms with Gasteiger partial charge in [-0.2, -0.15) is 4.80 Å². The van der Waals surface area contributed by atoms with Crippen LogP contribution in [-0.2, 0) is 11.3 Å². The normalized spacial score (nSPS) is 17.9. The molecule has 8 heteroatoms. The number of aromatic nitrogens is 4. The van der Waals surface area contributed by atoms with E-state index in [4.69, 9.17) is 9.47 Å². The maximum Gasteiger partial charge on any atom is 0.246 e. The average molecular weight is 405 g/mol. The Kier molecular flexibility index (Phi) is 4.82. The van der Waals surface area contributed by atoms with Gasteiger partial charge in [0.1, 0.15) is 19.8 Å². The van der Waals surface area contributed by atoms with Crippen LogP contribution in [-0.4, -0.2) is 50.8 Å². The molecule has 0 saturated carbocycles. The van der Waals surface area contributed by atoms with Gasteiger partial charge in [0.15, 0.2) is 11.5 Å². The molecule has 3 heterocycles. The minimum atomic E-state index is -0.0137. The van der Waals surface area contributed by atoms with E-state index in [1.807, 2.05) is 54.3 Å². The van der Waals surface area contributed by atoms with Crippen LogP contribution in [0, 0.1) is 6.92 Å². The highest BCUT2D eigenvalue weighted by Gasteiger charge is 2.31. The zero-order valence-electron chi connectivity index (χ0n) is 16.8. The Morgan fingerprint density at radius 3 is 2.73 bits per heavy atom. The molecule has 8 nitrogen and oxygen atoms in total. The van der Waals surface area contributed by atoms with Gasteiger partial charge in [-0.25, -0.2) is 0 Å². The lowest BCUT2D eigenvalue weighted by molar-refractivity contribution is -0.133. The predicted molar refractivity (Wildman–Crippen MR) is 109 cm³/mol. The molecule has 0 N–H and O–H groups in total. The van der Waals surface area contributed by atoms with Crippen LogP contribution < -0.4 is 9.47 Å². The number of ether oxygens (including phenoxy) is 2. The molecule has 5 rings (SSSR count). The number of benzene rings is 2. The highest BCUT2D eigenvalue weighted by molar-refractivity contribution is 5.76. The number of carbonyl (C=O) groups is 1. The monoisotopic (exact) mass is 405 g/mol. The van der Waals surface area contributed by atoms with Crippen molar-refractivity contribution in [2.75, 3.05) is 19.8 Å². The van der Waals surface area contributed by atoms with E-state index >= 15 is 0 Å². The first-order valence-electron chi connectivity index (χ1n) is 10.2. The molecule has 154 valence electrons. The van der Waals surface area contributed by atoms with Gasteiger partial charge in [0.05, 0.1) is 6.04 Å². The number of carbonyl (C=O) groups excluding carboxylic acids is 1. The van der Waals surface area contributed by atoms with E-state index in [1.54, 1.807) is 0 Å². The molecule has 2 aromatic carbocycles. The summed E-state index contributed by atoms with van der Waals surface area (Å²) in [5.74, 6) is 2.02. The summed E-state index contributed by atoms with van der Waals surface area (Å²) >= 11 is 0. The van der Waals surface area contributed by atoms with Crippen molar-refractivity contribution >= 4 is 5.91 Å². The SMILES string of the molecule is Cc1ccc(-c2nnn(CC(=O)N3CCC[C@H]3c3ccc4c(c3)OCCO4)n2)cc1. The third kappa shape index (κ3) is 3.60. The lowest BCUT2D eigenvalue weighted by atomic mass is 10.0. The largest absolute Gasteiger partial charge is 0.486 e. The Bertz CT molecular complexity index is 1060. The van der Waals surface area contributed by atoms with Crippen LogP contribution in [0.2, 0.25) is 0 Å². The molecule has 0 aliphatic carbocycles. The zero-order chi connectivity index (χ0) is 20.5. The molecule has 1 fully saturated rings. The van der Waals surface area contributed by atoms with Crippen LogP contribution in [0.25, 0.3) is 11.4 Å². The molecule has 0 bridgehead atoms. The second kappa shape index (κ2) is 7.78. The Morgan fingerprint density at radius 2 is 1.90 bits per heavy atom. The summed E-state index contributed by atoms with van der Waals surface area (Å²) in [6.45, 7) is 3.93. The summed E-state index contributed by atoms with van der Waals surface area (Å²) < 4.78 is 11.3. The van der Waals surface area contributed by atoms with Gasteiger partial charge in [-0.1, -0.05) is 35.9 Å². The lowest BCUT2D eigenvalue weighted by Gasteiger charge is -2.26. The summed E-state index contributed by atoms with van der Waals surface area (Å²) in [5, 5.41) is 12.6. The standard InChI is InChI=1S/C22H23N5O3/c1-15-4-6-16(7-5-15)22-23-25-27(24-22)14-21(28)26-10-2-3-18(26)17-8-9-19-20(13-17)30-12-11-29-19/h4-9,13,18H,2-3,10-12,14H2,1H3/t18-/m0/s1. The molecule has 0 radical (unpaired) electrons. The Balaban J connectivity index is 1.30. The van der Waals surface area contributed by atoms with Crippen molar-refractivity contribution in [3.63, 3.8) is 0 Å². The molecule has 3 aromatic rings. The summed E-state index contributed by atoms with van der Waals surface area (Å²) in [4.78, 5) is 16.3. The van der Waals surface area contributed by atoms with Crippen molar-refractivity contribution in [2.24, 2.45) is 0 Å². The van der Waals surface area contributed by atoms with Crippen LogP contribution in [0.15, 0.2) is 42.5 Å². The number of rotatable bonds is 4. The van der Waals surface area contributed by atoms with Gasteiger partial charge in [-0.05, 0) is 42.7 Å². The Morgan fingerprint density at radius 1 is 1.10 bits per heavy atom. The maximum atomic E-state index is 13.0. The summed E-state index contributed by atoms with van der Waals surface area (Å²) in [6, 6.07) is 13.9. The smallest absolute Gasteiger partial charge is 0.246 e. The predicted octanol–water partition coefficient (Wildman–Crippen LogP) is 2.78. The van der Waals surface area contributed by atoms with E-state index in [0.717, 1.165) is 42.0 Å². The Labute approximate surface area is 174 Å². The first kappa shape index (κ1) is 18.6. The highest BCUT2D eigenvalue weighted by atomic mass is 16.6. The van der Waals surface area contributed by atoms with Gasteiger partial charge < -0.3 is 14.4 Å². The second-order valence-electron chi connectivity index (χ2n) is 7.66. The minimum absolute atomic E-state index is 0.0137. The van der Waals surface area contributed by atoms with Crippen molar-refractivity contribution in [1.82, 2.24) is 25.1 Å². The molecule has 2 aliphatic rings. The first-order valence-corrected chi connectivity index (χ1v) is 10.2. The third-order valence-corrected chi connectivity index (χ3v) is 5.56. The molecule has 30 heavy (non-hydrogen) atoms. The number of likely N-dealkylation sites (tertiary alicyclic amines) is 1. The fraction of sp³-hybridized carbons (Fsp3) is 0.364. The number of nitrogens with zero attached hydrogens (tertiary/aromatic N) is 5. The van der Waals surface area contributed by atoms with Gasteiger partial charge >= 0.3 is 0 Å². The molecule has 0 unspecified atom stereocenters. The van der Waals surface area contributed by atoms with E-state index in [1.165, 1.54) is 10.4 Å². The first-order chi connectivity index (χ1) is 14.7. The number of amides is 1. The van der Waals surface area contributed by atoms with E-state index in [9.17, 15) is 4.79 Å². The van der Waals surface area contributed by atoms with Gasteiger partial charge in [-0.15, -0.1) is 10.2 Å². The molecule has 1 aromatic heterocycles. The molecule has 0 spiro atoms. The zero-order valence-corrected chi connectivity index (χ0v) is 16.8. The van der Waals surface area contributed by atoms with E-state index < -0.39 is 0 Å². The van der Waals surface area contributed by atoms with Crippen LogP contribution in [0.1, 0.15) is 30.0 Å². The maximum absolute atomic E-state index is 13.0. The topological polar surface area (TPSA) is 82.4 Å². The number of fused-ring (bicyclic) bond motifs is 1. The van der Waals surface area contributed by atoms with Crippen LogP contribution in [0.4, 0.5) is 0 Å². The number of aryl methyl sites for hydroxylation is 1. The fourth-order valence-electron chi connectivity index (χ4n) is 4.02. The van der Waals surface area contributed by atoms with E-state index in [-0.39, 0.29) is 18.5 Å². The highest BCUT2D eigenvalue weighted by Crippen LogP contribution is 2.38. The van der Waals surface area contributed by atoms with Crippen molar-refractivity contribution in [2.45, 2.75) is 32.4 Å². The van der Waals surface area contributed by atoms with Gasteiger partial charge in [0.25, 0.3) is 0 Å². The number of tetrazole rings is 1. The van der Waals surface area contributed by atoms with Crippen molar-refractivity contribution in [1.29, 1.82) is 0 Å². The molecule has 1 saturated heterocycles. The van der Waals surface area contributed by atoms with Crippen LogP contribution in [0.3, 0.4) is 0 Å². The van der Waals surface area contributed by atoms with Crippen LogP contribution >= 0.6 is 0 Å². The van der Waals surface area contributed by atoms with Crippen LogP contribution in [0.5, 0.6) is 11.5 Å². The quantitative estimate of drug-likeness (QED) is 0.664. The summed E-state index contributed by atoms with van der Waals surface area (Å²) in [6.07, 6.45) is 1.88. The van der Waals surface area contributed by atoms with E-state index in [0.29, 0.717) is 19.0 Å². The molecule has 1 amide bonds. The van der Waals surface area contributed by atoms with Gasteiger partial charge in [0, 0.05) is 12.1 Å². The summed E-state index contributed by atoms with van der Waals surface area (Å²) in [5.41, 5.74) is 3.12. The lowest BCUT2D eigenvalue weighted by Crippen LogP contribution is -2.34. The molecule has 2 aliphatic heterocycles. The fourth-order valence-corrected chi connectivity index (χ4v) is 4.02. The van der Waals surface area contributed by atoms with E-state index in [2.05, 4.69) is 15.4 Å². The summed E-state index contributed by atoms with van der Waals surface area (Å²) in [7, 11) is 0. The third-order valence-electron chi connectivity index (χ3n) is 5.56. The average Bonchev–Trinajstić information content (AvgIpc) is 3.44. The van der Waals surface area contributed by atoms with Crippen molar-refractivity contribution in [3.05, 3.63) is 53.6 Å². The Hall–Kier alpha value is -3.42. The molecular formula is C22H23N5O3.